The molecular weight excluding hydrogens is 114 g/mol. The van der Waals surface area contributed by atoms with Gasteiger partial charge < -0.3 is 10.5 Å². The van der Waals surface area contributed by atoms with E-state index in [2.05, 4.69) is 0 Å². The van der Waals surface area contributed by atoms with Gasteiger partial charge in [0.1, 0.15) is 0 Å². The van der Waals surface area contributed by atoms with Crippen molar-refractivity contribution in [2.75, 3.05) is 6.61 Å². The Kier molecular flexibility index (Phi) is 1.24. The largest absolute Gasteiger partial charge is 0.376 e. The fourth-order valence-corrected chi connectivity index (χ4v) is 1.54. The van der Waals surface area contributed by atoms with Crippen molar-refractivity contribution in [3.63, 3.8) is 0 Å². The van der Waals surface area contributed by atoms with Crippen LogP contribution in [0.3, 0.4) is 0 Å². The maximum atomic E-state index is 5.79. The van der Waals surface area contributed by atoms with Gasteiger partial charge in [-0.2, -0.15) is 0 Å². The maximum absolute atomic E-state index is 5.79. The molecule has 0 aromatic carbocycles. The topological polar surface area (TPSA) is 35.2 Å². The molecule has 1 saturated carbocycles. The van der Waals surface area contributed by atoms with Gasteiger partial charge in [0.15, 0.2) is 0 Å². The highest BCUT2D eigenvalue weighted by molar-refractivity contribution is 4.91. The van der Waals surface area contributed by atoms with Crippen LogP contribution in [0.5, 0.6) is 0 Å². The highest BCUT2D eigenvalue weighted by atomic mass is 16.5. The van der Waals surface area contributed by atoms with Crippen LogP contribution in [-0.4, -0.2) is 18.8 Å². The van der Waals surface area contributed by atoms with Gasteiger partial charge in [0.25, 0.3) is 0 Å². The Morgan fingerprint density at radius 2 is 2.00 bits per heavy atom. The summed E-state index contributed by atoms with van der Waals surface area (Å²) < 4.78 is 5.46. The van der Waals surface area contributed by atoms with Gasteiger partial charge in [-0.25, -0.2) is 0 Å². The van der Waals surface area contributed by atoms with Crippen molar-refractivity contribution in [2.45, 2.75) is 31.4 Å². The number of ether oxygens (including phenoxy) is 1. The fourth-order valence-electron chi connectivity index (χ4n) is 1.54. The number of hydrogen-bond donors (Lipinski definition) is 1. The van der Waals surface area contributed by atoms with Gasteiger partial charge in [0.2, 0.25) is 0 Å². The van der Waals surface area contributed by atoms with Crippen molar-refractivity contribution in [2.24, 2.45) is 11.7 Å². The number of hydrogen-bond acceptors (Lipinski definition) is 2. The second-order valence-corrected chi connectivity index (χ2v) is 3.13. The first-order chi connectivity index (χ1) is 4.38. The molecule has 1 aliphatic carbocycles. The van der Waals surface area contributed by atoms with Crippen LogP contribution in [0.2, 0.25) is 0 Å². The van der Waals surface area contributed by atoms with E-state index >= 15 is 0 Å². The third-order valence-electron chi connectivity index (χ3n) is 2.27. The second kappa shape index (κ2) is 1.96. The predicted octanol–water partition coefficient (Wildman–Crippen LogP) is 0.513. The molecule has 2 atom stereocenters. The van der Waals surface area contributed by atoms with Crippen LogP contribution in [0.4, 0.5) is 0 Å². The third kappa shape index (κ3) is 0.970. The lowest BCUT2D eigenvalue weighted by atomic mass is 10.1. The molecule has 2 aliphatic rings. The molecular formula is C7H13NO. The lowest BCUT2D eigenvalue weighted by molar-refractivity contribution is 0.0872. The van der Waals surface area contributed by atoms with Gasteiger partial charge in [-0.3, -0.25) is 0 Å². The van der Waals surface area contributed by atoms with Crippen molar-refractivity contribution in [3.8, 4) is 0 Å². The summed E-state index contributed by atoms with van der Waals surface area (Å²) in [5, 5.41) is 0. The van der Waals surface area contributed by atoms with Crippen molar-refractivity contribution >= 4 is 0 Å². The first kappa shape index (κ1) is 5.69. The van der Waals surface area contributed by atoms with Gasteiger partial charge >= 0.3 is 0 Å². The first-order valence-corrected chi connectivity index (χ1v) is 3.75. The van der Waals surface area contributed by atoms with Crippen LogP contribution >= 0.6 is 0 Å². The van der Waals surface area contributed by atoms with Crippen molar-refractivity contribution in [3.05, 3.63) is 0 Å². The normalized spacial score (nSPS) is 43.7. The summed E-state index contributed by atoms with van der Waals surface area (Å²) in [7, 11) is 0. The highest BCUT2D eigenvalue weighted by Crippen LogP contribution is 2.37. The Labute approximate surface area is 55.4 Å². The summed E-state index contributed by atoms with van der Waals surface area (Å²) >= 11 is 0. The zero-order valence-corrected chi connectivity index (χ0v) is 5.55. The molecule has 2 rings (SSSR count). The maximum Gasteiger partial charge on any atom is 0.0754 e. The van der Waals surface area contributed by atoms with E-state index in [9.17, 15) is 0 Å². The minimum atomic E-state index is 0.345. The SMILES string of the molecule is NC1CCOC1C1CC1. The van der Waals surface area contributed by atoms with E-state index in [1.54, 1.807) is 0 Å². The third-order valence-corrected chi connectivity index (χ3v) is 2.27. The molecule has 2 unspecified atom stereocenters. The molecule has 1 aliphatic heterocycles. The van der Waals surface area contributed by atoms with Crippen LogP contribution in [-0.2, 0) is 4.74 Å². The lowest BCUT2D eigenvalue weighted by Crippen LogP contribution is -2.31. The molecule has 9 heavy (non-hydrogen) atoms. The molecule has 0 spiro atoms. The average Bonchev–Trinajstić information content (AvgIpc) is 2.58. The fraction of sp³-hybridized carbons (Fsp3) is 1.00. The Morgan fingerprint density at radius 3 is 2.44 bits per heavy atom. The quantitative estimate of drug-likeness (QED) is 0.557. The summed E-state index contributed by atoms with van der Waals surface area (Å²) in [4.78, 5) is 0. The van der Waals surface area contributed by atoms with E-state index in [1.165, 1.54) is 12.8 Å². The molecule has 52 valence electrons. The zero-order valence-electron chi connectivity index (χ0n) is 5.55. The van der Waals surface area contributed by atoms with Crippen LogP contribution in [0.1, 0.15) is 19.3 Å². The summed E-state index contributed by atoms with van der Waals surface area (Å²) in [6.07, 6.45) is 4.18. The molecule has 0 amide bonds. The van der Waals surface area contributed by atoms with E-state index in [0.29, 0.717) is 12.1 Å². The van der Waals surface area contributed by atoms with E-state index in [-0.39, 0.29) is 0 Å². The number of rotatable bonds is 1. The summed E-state index contributed by atoms with van der Waals surface area (Å²) in [6, 6.07) is 0.345. The van der Waals surface area contributed by atoms with E-state index in [4.69, 9.17) is 10.5 Å². The molecule has 0 aromatic rings. The molecule has 0 aromatic heterocycles. The Balaban J connectivity index is 1.93. The molecule has 0 radical (unpaired) electrons. The molecule has 2 N–H and O–H groups in total. The van der Waals surface area contributed by atoms with Gasteiger partial charge in [-0.05, 0) is 25.2 Å². The van der Waals surface area contributed by atoms with Gasteiger partial charge in [0.05, 0.1) is 6.10 Å². The molecule has 2 fully saturated rings. The van der Waals surface area contributed by atoms with Gasteiger partial charge in [-0.1, -0.05) is 0 Å². The van der Waals surface area contributed by atoms with Gasteiger partial charge in [-0.15, -0.1) is 0 Å². The van der Waals surface area contributed by atoms with Crippen molar-refractivity contribution in [1.29, 1.82) is 0 Å². The van der Waals surface area contributed by atoms with E-state index in [0.717, 1.165) is 18.9 Å². The monoisotopic (exact) mass is 127 g/mol. The summed E-state index contributed by atoms with van der Waals surface area (Å²) in [5.74, 6) is 0.822. The van der Waals surface area contributed by atoms with Crippen LogP contribution in [0.25, 0.3) is 0 Å². The standard InChI is InChI=1S/C7H13NO/c8-6-3-4-9-7(6)5-1-2-5/h5-7H,1-4,8H2. The minimum absolute atomic E-state index is 0.345. The Hall–Kier alpha value is -0.0800. The molecule has 1 saturated heterocycles. The smallest absolute Gasteiger partial charge is 0.0754 e. The van der Waals surface area contributed by atoms with Crippen molar-refractivity contribution < 1.29 is 4.74 Å². The predicted molar refractivity (Wildman–Crippen MR) is 35.1 cm³/mol. The average molecular weight is 127 g/mol. The highest BCUT2D eigenvalue weighted by Gasteiger charge is 2.38. The molecule has 2 nitrogen and oxygen atoms in total. The van der Waals surface area contributed by atoms with Crippen molar-refractivity contribution in [1.82, 2.24) is 0 Å². The van der Waals surface area contributed by atoms with Crippen LogP contribution in [0, 0.1) is 5.92 Å². The minimum Gasteiger partial charge on any atom is -0.376 e. The summed E-state index contributed by atoms with van der Waals surface area (Å²) in [6.45, 7) is 0.891. The van der Waals surface area contributed by atoms with Crippen LogP contribution < -0.4 is 5.73 Å². The van der Waals surface area contributed by atoms with Gasteiger partial charge in [0, 0.05) is 12.6 Å². The molecule has 0 bridgehead atoms. The second-order valence-electron chi connectivity index (χ2n) is 3.13. The summed E-state index contributed by atoms with van der Waals surface area (Å²) in [5.41, 5.74) is 5.79. The Morgan fingerprint density at radius 1 is 1.22 bits per heavy atom. The molecule has 2 heteroatoms. The first-order valence-electron chi connectivity index (χ1n) is 3.75. The van der Waals surface area contributed by atoms with E-state index < -0.39 is 0 Å². The number of nitrogens with two attached hydrogens (primary N) is 1. The van der Waals surface area contributed by atoms with E-state index in [1.807, 2.05) is 0 Å². The Bertz CT molecular complexity index is 111. The zero-order chi connectivity index (χ0) is 6.27. The van der Waals surface area contributed by atoms with Crippen LogP contribution in [0.15, 0.2) is 0 Å². The molecule has 1 heterocycles. The lowest BCUT2D eigenvalue weighted by Gasteiger charge is -2.11.